The summed E-state index contributed by atoms with van der Waals surface area (Å²) in [5, 5.41) is 0. The number of nitrogens with zero attached hydrogens (tertiary/aromatic N) is 1. The quantitative estimate of drug-likeness (QED) is 0.841. The van der Waals surface area contributed by atoms with Crippen molar-refractivity contribution in [2.45, 2.75) is 11.8 Å². The lowest BCUT2D eigenvalue weighted by Gasteiger charge is -2.12. The minimum Gasteiger partial charge on any atom is -0.492 e. The summed E-state index contributed by atoms with van der Waals surface area (Å²) >= 11 is 0. The zero-order valence-electron chi connectivity index (χ0n) is 11.4. The fourth-order valence-corrected chi connectivity index (χ4v) is 2.86. The molecular formula is C13H14FN3O3S. The van der Waals surface area contributed by atoms with Crippen LogP contribution in [-0.2, 0) is 10.0 Å². The van der Waals surface area contributed by atoms with Crippen LogP contribution in [0.4, 0.5) is 15.9 Å². The van der Waals surface area contributed by atoms with E-state index in [1.807, 2.05) is 0 Å². The highest BCUT2D eigenvalue weighted by molar-refractivity contribution is 7.92. The Morgan fingerprint density at radius 2 is 2.10 bits per heavy atom. The number of hydrogen-bond acceptors (Lipinski definition) is 5. The molecule has 0 aliphatic carbocycles. The van der Waals surface area contributed by atoms with E-state index in [1.165, 1.54) is 13.3 Å². The molecule has 0 atom stereocenters. The number of aromatic nitrogens is 1. The van der Waals surface area contributed by atoms with Crippen molar-refractivity contribution in [1.82, 2.24) is 4.98 Å². The summed E-state index contributed by atoms with van der Waals surface area (Å²) in [7, 11) is -2.75. The highest BCUT2D eigenvalue weighted by Gasteiger charge is 2.20. The van der Waals surface area contributed by atoms with Crippen LogP contribution >= 0.6 is 0 Å². The Bertz CT molecular complexity index is 755. The molecule has 112 valence electrons. The van der Waals surface area contributed by atoms with Gasteiger partial charge in [-0.2, -0.15) is 0 Å². The van der Waals surface area contributed by atoms with Crippen molar-refractivity contribution in [3.63, 3.8) is 0 Å². The molecule has 0 aliphatic rings. The lowest BCUT2D eigenvalue weighted by molar-refractivity contribution is 0.388. The molecule has 0 bridgehead atoms. The lowest BCUT2D eigenvalue weighted by Crippen LogP contribution is -2.15. The van der Waals surface area contributed by atoms with Gasteiger partial charge in [-0.1, -0.05) is 6.07 Å². The fourth-order valence-electron chi connectivity index (χ4n) is 1.74. The Labute approximate surface area is 121 Å². The van der Waals surface area contributed by atoms with E-state index in [-0.39, 0.29) is 22.2 Å². The summed E-state index contributed by atoms with van der Waals surface area (Å²) in [6.07, 6.45) is 1.45. The normalized spacial score (nSPS) is 11.2. The van der Waals surface area contributed by atoms with Crippen molar-refractivity contribution < 1.29 is 17.5 Å². The maximum atomic E-state index is 13.7. The Balaban J connectivity index is 2.43. The summed E-state index contributed by atoms with van der Waals surface area (Å²) in [5.74, 6) is -0.870. The SMILES string of the molecule is COc1c(N)cc(S(=O)(=O)Nc2ncccc2C)cc1F. The Hall–Kier alpha value is -2.35. The molecule has 8 heteroatoms. The number of rotatable bonds is 4. The van der Waals surface area contributed by atoms with Gasteiger partial charge in [-0.25, -0.2) is 17.8 Å². The van der Waals surface area contributed by atoms with Crippen molar-refractivity contribution in [3.05, 3.63) is 41.8 Å². The molecule has 0 radical (unpaired) electrons. The van der Waals surface area contributed by atoms with Gasteiger partial charge in [0.2, 0.25) is 0 Å². The van der Waals surface area contributed by atoms with Gasteiger partial charge in [0.05, 0.1) is 17.7 Å². The zero-order chi connectivity index (χ0) is 15.6. The molecule has 0 aliphatic heterocycles. The summed E-state index contributed by atoms with van der Waals surface area (Å²) in [5.41, 5.74) is 6.12. The van der Waals surface area contributed by atoms with E-state index in [2.05, 4.69) is 9.71 Å². The van der Waals surface area contributed by atoms with Gasteiger partial charge in [0.15, 0.2) is 11.6 Å². The third-order valence-corrected chi connectivity index (χ3v) is 4.12. The largest absolute Gasteiger partial charge is 0.492 e. The van der Waals surface area contributed by atoms with Crippen LogP contribution in [0.25, 0.3) is 0 Å². The molecule has 2 aromatic rings. The van der Waals surface area contributed by atoms with E-state index in [0.29, 0.717) is 5.56 Å². The number of anilines is 2. The number of hydrogen-bond donors (Lipinski definition) is 2. The molecule has 2 rings (SSSR count). The summed E-state index contributed by atoms with van der Waals surface area (Å²) < 4.78 is 45.3. The summed E-state index contributed by atoms with van der Waals surface area (Å²) in [6.45, 7) is 1.70. The van der Waals surface area contributed by atoms with Crippen LogP contribution in [0.3, 0.4) is 0 Å². The molecule has 1 aromatic carbocycles. The van der Waals surface area contributed by atoms with Crippen molar-refractivity contribution in [2.75, 3.05) is 17.6 Å². The number of halogens is 1. The number of benzene rings is 1. The van der Waals surface area contributed by atoms with Crippen molar-refractivity contribution >= 4 is 21.5 Å². The minimum atomic E-state index is -3.99. The maximum absolute atomic E-state index is 13.7. The van der Waals surface area contributed by atoms with Gasteiger partial charge < -0.3 is 10.5 Å². The van der Waals surface area contributed by atoms with Crippen molar-refractivity contribution in [2.24, 2.45) is 0 Å². The number of nitrogens with one attached hydrogen (secondary N) is 1. The topological polar surface area (TPSA) is 94.3 Å². The Morgan fingerprint density at radius 3 is 2.67 bits per heavy atom. The Morgan fingerprint density at radius 1 is 1.38 bits per heavy atom. The number of sulfonamides is 1. The van der Waals surface area contributed by atoms with Crippen molar-refractivity contribution in [3.8, 4) is 5.75 Å². The second-order valence-corrected chi connectivity index (χ2v) is 5.98. The first kappa shape index (κ1) is 15.0. The maximum Gasteiger partial charge on any atom is 0.263 e. The first-order chi connectivity index (χ1) is 9.85. The molecule has 0 unspecified atom stereocenters. The number of nitrogen functional groups attached to an aromatic ring is 1. The number of nitrogens with two attached hydrogens (primary N) is 1. The van der Waals surface area contributed by atoms with Crippen LogP contribution in [0.1, 0.15) is 5.56 Å². The van der Waals surface area contributed by atoms with Crippen LogP contribution in [0.15, 0.2) is 35.4 Å². The highest BCUT2D eigenvalue weighted by atomic mass is 32.2. The molecule has 1 heterocycles. The van der Waals surface area contributed by atoms with E-state index in [0.717, 1.165) is 12.1 Å². The average molecular weight is 311 g/mol. The van der Waals surface area contributed by atoms with Crippen LogP contribution in [0, 0.1) is 12.7 Å². The predicted molar refractivity (Wildman–Crippen MR) is 77.1 cm³/mol. The number of methoxy groups -OCH3 is 1. The highest BCUT2D eigenvalue weighted by Crippen LogP contribution is 2.29. The monoisotopic (exact) mass is 311 g/mol. The molecule has 6 nitrogen and oxygen atoms in total. The van der Waals surface area contributed by atoms with Gasteiger partial charge in [-0.3, -0.25) is 4.72 Å². The molecule has 21 heavy (non-hydrogen) atoms. The molecule has 0 saturated carbocycles. The third-order valence-electron chi connectivity index (χ3n) is 2.80. The van der Waals surface area contributed by atoms with E-state index in [9.17, 15) is 12.8 Å². The number of ether oxygens (including phenoxy) is 1. The predicted octanol–water partition coefficient (Wildman–Crippen LogP) is 1.92. The smallest absolute Gasteiger partial charge is 0.263 e. The molecule has 3 N–H and O–H groups in total. The molecule has 1 aromatic heterocycles. The summed E-state index contributed by atoms with van der Waals surface area (Å²) in [6, 6.07) is 5.35. The molecule has 0 amide bonds. The summed E-state index contributed by atoms with van der Waals surface area (Å²) in [4.78, 5) is 3.63. The van der Waals surface area contributed by atoms with Gasteiger partial charge >= 0.3 is 0 Å². The van der Waals surface area contributed by atoms with Gasteiger partial charge in [0.25, 0.3) is 10.0 Å². The average Bonchev–Trinajstić information content (AvgIpc) is 2.41. The standard InChI is InChI=1S/C13H14FN3O3S/c1-8-4-3-5-16-13(8)17-21(18,19)9-6-10(14)12(20-2)11(15)7-9/h3-7H,15H2,1-2H3,(H,16,17). The van der Waals surface area contributed by atoms with Gasteiger partial charge in [-0.15, -0.1) is 0 Å². The Kier molecular flexibility index (Phi) is 3.99. The van der Waals surface area contributed by atoms with E-state index in [4.69, 9.17) is 10.5 Å². The molecule has 0 spiro atoms. The second-order valence-electron chi connectivity index (χ2n) is 4.30. The molecule has 0 fully saturated rings. The van der Waals surface area contributed by atoms with Crippen LogP contribution < -0.4 is 15.2 Å². The first-order valence-corrected chi connectivity index (χ1v) is 7.41. The van der Waals surface area contributed by atoms with Gasteiger partial charge in [-0.05, 0) is 30.7 Å². The lowest BCUT2D eigenvalue weighted by atomic mass is 10.3. The van der Waals surface area contributed by atoms with Crippen LogP contribution in [-0.4, -0.2) is 20.5 Å². The second kappa shape index (κ2) is 5.57. The van der Waals surface area contributed by atoms with Crippen LogP contribution in [0.2, 0.25) is 0 Å². The van der Waals surface area contributed by atoms with Crippen molar-refractivity contribution in [1.29, 1.82) is 0 Å². The van der Waals surface area contributed by atoms with E-state index < -0.39 is 15.8 Å². The minimum absolute atomic E-state index is 0.101. The number of aryl methyl sites for hydroxylation is 1. The first-order valence-electron chi connectivity index (χ1n) is 5.92. The van der Waals surface area contributed by atoms with Gasteiger partial charge in [0, 0.05) is 6.20 Å². The van der Waals surface area contributed by atoms with E-state index >= 15 is 0 Å². The molecule has 0 saturated heterocycles. The van der Waals surface area contributed by atoms with Gasteiger partial charge in [0.1, 0.15) is 5.82 Å². The van der Waals surface area contributed by atoms with Crippen LogP contribution in [0.5, 0.6) is 5.75 Å². The zero-order valence-corrected chi connectivity index (χ0v) is 12.2. The number of pyridine rings is 1. The van der Waals surface area contributed by atoms with E-state index in [1.54, 1.807) is 19.1 Å². The third kappa shape index (κ3) is 3.05. The fraction of sp³-hybridized carbons (Fsp3) is 0.154. The molecular weight excluding hydrogens is 297 g/mol.